The van der Waals surface area contributed by atoms with Gasteiger partial charge in [-0.3, -0.25) is 9.59 Å². The third-order valence-corrected chi connectivity index (χ3v) is 4.85. The number of carbonyl (C=O) groups is 2. The van der Waals surface area contributed by atoms with E-state index < -0.39 is 0 Å². The Balaban J connectivity index is 1.33. The van der Waals surface area contributed by atoms with Crippen molar-refractivity contribution in [2.45, 2.75) is 12.8 Å². The number of nitrogens with one attached hydrogen (secondary N) is 2. The molecule has 28 heavy (non-hydrogen) atoms. The number of anilines is 3. The van der Waals surface area contributed by atoms with Crippen LogP contribution in [-0.4, -0.2) is 44.7 Å². The summed E-state index contributed by atoms with van der Waals surface area (Å²) >= 11 is 0. The summed E-state index contributed by atoms with van der Waals surface area (Å²) in [4.78, 5) is 25.9. The van der Waals surface area contributed by atoms with Crippen molar-refractivity contribution in [3.05, 3.63) is 48.0 Å². The van der Waals surface area contributed by atoms with Gasteiger partial charge in [-0.25, -0.2) is 0 Å². The molecule has 0 bridgehead atoms. The van der Waals surface area contributed by atoms with Crippen LogP contribution < -0.4 is 20.3 Å². The van der Waals surface area contributed by atoms with Crippen molar-refractivity contribution in [2.24, 2.45) is 0 Å². The zero-order valence-electron chi connectivity index (χ0n) is 15.6. The fourth-order valence-corrected chi connectivity index (χ4v) is 3.40. The van der Waals surface area contributed by atoms with Gasteiger partial charge in [-0.2, -0.15) is 0 Å². The summed E-state index contributed by atoms with van der Waals surface area (Å²) in [6, 6.07) is 13.2. The second kappa shape index (κ2) is 8.31. The predicted octanol–water partition coefficient (Wildman–Crippen LogP) is 2.43. The van der Waals surface area contributed by atoms with Gasteiger partial charge in [0.15, 0.2) is 6.61 Å². The zero-order chi connectivity index (χ0) is 19.3. The number of hydrogen-bond donors (Lipinski definition) is 2. The van der Waals surface area contributed by atoms with Crippen LogP contribution in [0, 0.1) is 0 Å². The quantitative estimate of drug-likeness (QED) is 0.832. The third kappa shape index (κ3) is 4.43. The lowest BCUT2D eigenvalue weighted by Gasteiger charge is -2.29. The third-order valence-electron chi connectivity index (χ3n) is 4.85. The molecule has 2 aromatic rings. The Kier molecular flexibility index (Phi) is 5.43. The summed E-state index contributed by atoms with van der Waals surface area (Å²) in [5, 5.41) is 5.71. The molecule has 2 aliphatic heterocycles. The van der Waals surface area contributed by atoms with Crippen LogP contribution in [0.4, 0.5) is 17.1 Å². The highest BCUT2D eigenvalue weighted by Gasteiger charge is 2.16. The van der Waals surface area contributed by atoms with E-state index in [2.05, 4.69) is 15.5 Å². The normalized spacial score (nSPS) is 16.1. The van der Waals surface area contributed by atoms with Crippen molar-refractivity contribution >= 4 is 28.9 Å². The fourth-order valence-electron chi connectivity index (χ4n) is 3.40. The minimum absolute atomic E-state index is 0.0276. The highest BCUT2D eigenvalue weighted by atomic mass is 16.5. The first-order valence-corrected chi connectivity index (χ1v) is 9.45. The maximum atomic E-state index is 12.3. The van der Waals surface area contributed by atoms with Crippen molar-refractivity contribution < 1.29 is 19.1 Å². The molecular formula is C21H23N3O4. The number of nitrogens with zero attached hydrogens (tertiary/aromatic N) is 1. The van der Waals surface area contributed by atoms with Gasteiger partial charge in [0.25, 0.3) is 5.91 Å². The molecule has 7 nitrogen and oxygen atoms in total. The van der Waals surface area contributed by atoms with Crippen LogP contribution in [0.25, 0.3) is 0 Å². The van der Waals surface area contributed by atoms with Crippen LogP contribution in [-0.2, 0) is 20.7 Å². The van der Waals surface area contributed by atoms with Gasteiger partial charge >= 0.3 is 0 Å². The number of carbonyl (C=O) groups excluding carboxylic acids is 2. The number of amides is 2. The lowest BCUT2D eigenvalue weighted by atomic mass is 10.0. The first-order chi connectivity index (χ1) is 13.7. The SMILES string of the molecule is O=C(COc1ccc2c(c1)CCC(=O)N2)Nc1cccc(N2CCOCC2)c1. The van der Waals surface area contributed by atoms with Gasteiger partial charge in [-0.05, 0) is 48.4 Å². The summed E-state index contributed by atoms with van der Waals surface area (Å²) in [5.41, 5.74) is 3.65. The Morgan fingerprint density at radius 1 is 1.14 bits per heavy atom. The number of rotatable bonds is 5. The largest absolute Gasteiger partial charge is 0.484 e. The van der Waals surface area contributed by atoms with E-state index >= 15 is 0 Å². The predicted molar refractivity (Wildman–Crippen MR) is 107 cm³/mol. The molecule has 0 atom stereocenters. The summed E-state index contributed by atoms with van der Waals surface area (Å²) < 4.78 is 11.0. The van der Waals surface area contributed by atoms with E-state index in [1.165, 1.54) is 0 Å². The van der Waals surface area contributed by atoms with Crippen LogP contribution in [0.1, 0.15) is 12.0 Å². The monoisotopic (exact) mass is 381 g/mol. The molecule has 146 valence electrons. The highest BCUT2D eigenvalue weighted by molar-refractivity contribution is 5.94. The van der Waals surface area contributed by atoms with Crippen LogP contribution in [0.5, 0.6) is 5.75 Å². The first-order valence-electron chi connectivity index (χ1n) is 9.45. The lowest BCUT2D eigenvalue weighted by molar-refractivity contribution is -0.118. The van der Waals surface area contributed by atoms with Gasteiger partial charge in [0.05, 0.1) is 13.2 Å². The molecule has 2 aliphatic rings. The van der Waals surface area contributed by atoms with Crippen LogP contribution in [0.3, 0.4) is 0 Å². The standard InChI is InChI=1S/C21H23N3O4/c25-20-7-4-15-12-18(5-6-19(15)23-20)28-14-21(26)22-16-2-1-3-17(13-16)24-8-10-27-11-9-24/h1-3,5-6,12-13H,4,7-11,14H2,(H,22,26)(H,23,25). The second-order valence-electron chi connectivity index (χ2n) is 6.85. The number of ether oxygens (including phenoxy) is 2. The molecule has 2 heterocycles. The van der Waals surface area contributed by atoms with E-state index in [0.29, 0.717) is 18.6 Å². The minimum atomic E-state index is -0.217. The van der Waals surface area contributed by atoms with Crippen molar-refractivity contribution in [3.63, 3.8) is 0 Å². The molecule has 1 fully saturated rings. The highest BCUT2D eigenvalue weighted by Crippen LogP contribution is 2.27. The van der Waals surface area contributed by atoms with Gasteiger partial charge in [0.1, 0.15) is 5.75 Å². The van der Waals surface area contributed by atoms with E-state index in [1.807, 2.05) is 36.4 Å². The van der Waals surface area contributed by atoms with Crippen molar-refractivity contribution in [1.29, 1.82) is 0 Å². The Bertz CT molecular complexity index is 878. The van der Waals surface area contributed by atoms with E-state index in [4.69, 9.17) is 9.47 Å². The van der Waals surface area contributed by atoms with E-state index in [1.54, 1.807) is 6.07 Å². The summed E-state index contributed by atoms with van der Waals surface area (Å²) in [5.74, 6) is 0.428. The summed E-state index contributed by atoms with van der Waals surface area (Å²) in [6.45, 7) is 3.05. The molecule has 4 rings (SSSR count). The molecule has 7 heteroatoms. The van der Waals surface area contributed by atoms with Gasteiger partial charge in [0.2, 0.25) is 5.91 Å². The molecule has 2 N–H and O–H groups in total. The topological polar surface area (TPSA) is 79.9 Å². The molecule has 0 unspecified atom stereocenters. The van der Waals surface area contributed by atoms with Gasteiger partial charge in [-0.15, -0.1) is 0 Å². The van der Waals surface area contributed by atoms with E-state index in [-0.39, 0.29) is 18.4 Å². The summed E-state index contributed by atoms with van der Waals surface area (Å²) in [7, 11) is 0. The molecular weight excluding hydrogens is 358 g/mol. The molecule has 2 aromatic carbocycles. The van der Waals surface area contributed by atoms with E-state index in [9.17, 15) is 9.59 Å². The Labute approximate surface area is 163 Å². The van der Waals surface area contributed by atoms with E-state index in [0.717, 1.165) is 48.9 Å². The molecule has 0 saturated carbocycles. The summed E-state index contributed by atoms with van der Waals surface area (Å²) in [6.07, 6.45) is 1.15. The van der Waals surface area contributed by atoms with Gasteiger partial charge < -0.3 is 25.0 Å². The molecule has 2 amide bonds. The Hall–Kier alpha value is -3.06. The number of benzene rings is 2. The Morgan fingerprint density at radius 2 is 2.00 bits per heavy atom. The molecule has 0 aliphatic carbocycles. The number of hydrogen-bond acceptors (Lipinski definition) is 5. The van der Waals surface area contributed by atoms with Crippen molar-refractivity contribution in [3.8, 4) is 5.75 Å². The molecule has 0 radical (unpaired) electrons. The number of morpholine rings is 1. The molecule has 1 saturated heterocycles. The average Bonchev–Trinajstić information content (AvgIpc) is 2.73. The maximum Gasteiger partial charge on any atom is 0.262 e. The molecule has 0 aromatic heterocycles. The van der Waals surface area contributed by atoms with Crippen LogP contribution in [0.2, 0.25) is 0 Å². The second-order valence-corrected chi connectivity index (χ2v) is 6.85. The number of fused-ring (bicyclic) bond motifs is 1. The lowest BCUT2D eigenvalue weighted by Crippen LogP contribution is -2.36. The zero-order valence-corrected chi connectivity index (χ0v) is 15.6. The van der Waals surface area contributed by atoms with Crippen molar-refractivity contribution in [2.75, 3.05) is 48.4 Å². The first kappa shape index (κ1) is 18.3. The van der Waals surface area contributed by atoms with Crippen molar-refractivity contribution in [1.82, 2.24) is 0 Å². The fraction of sp³-hybridized carbons (Fsp3) is 0.333. The smallest absolute Gasteiger partial charge is 0.262 e. The van der Waals surface area contributed by atoms with Gasteiger partial charge in [0, 0.05) is 36.6 Å². The Morgan fingerprint density at radius 3 is 2.86 bits per heavy atom. The maximum absolute atomic E-state index is 12.3. The number of aryl methyl sites for hydroxylation is 1. The minimum Gasteiger partial charge on any atom is -0.484 e. The average molecular weight is 381 g/mol. The van der Waals surface area contributed by atoms with Crippen LogP contribution >= 0.6 is 0 Å². The van der Waals surface area contributed by atoms with Crippen LogP contribution in [0.15, 0.2) is 42.5 Å². The van der Waals surface area contributed by atoms with Gasteiger partial charge in [-0.1, -0.05) is 6.07 Å². The molecule has 0 spiro atoms.